The fourth-order valence-corrected chi connectivity index (χ4v) is 2.59. The van der Waals surface area contributed by atoms with Crippen molar-refractivity contribution < 1.29 is 4.79 Å². The van der Waals surface area contributed by atoms with Gasteiger partial charge in [0.15, 0.2) is 0 Å². The maximum atomic E-state index is 11.9. The van der Waals surface area contributed by atoms with Crippen molar-refractivity contribution >= 4 is 6.03 Å². The van der Waals surface area contributed by atoms with E-state index >= 15 is 0 Å². The molecule has 130 valence electrons. The van der Waals surface area contributed by atoms with Crippen LogP contribution in [-0.2, 0) is 26.1 Å². The lowest BCUT2D eigenvalue weighted by Gasteiger charge is -2.10. The van der Waals surface area contributed by atoms with Crippen molar-refractivity contribution in [2.75, 3.05) is 0 Å². The Kier molecular flexibility index (Phi) is 5.82. The van der Waals surface area contributed by atoms with Gasteiger partial charge in [-0.25, -0.2) is 9.78 Å². The first-order valence-corrected chi connectivity index (χ1v) is 8.35. The van der Waals surface area contributed by atoms with Crippen LogP contribution < -0.4 is 10.6 Å². The number of aryl methyl sites for hydroxylation is 2. The molecule has 0 saturated carbocycles. The van der Waals surface area contributed by atoms with E-state index in [2.05, 4.69) is 54.6 Å². The van der Waals surface area contributed by atoms with Crippen molar-refractivity contribution in [3.63, 3.8) is 0 Å². The van der Waals surface area contributed by atoms with Gasteiger partial charge in [-0.1, -0.05) is 30.3 Å². The summed E-state index contributed by atoms with van der Waals surface area (Å²) >= 11 is 0. The second-order valence-corrected chi connectivity index (χ2v) is 5.74. The topological polar surface area (TPSA) is 87.6 Å². The van der Waals surface area contributed by atoms with Crippen LogP contribution in [0.1, 0.15) is 23.5 Å². The van der Waals surface area contributed by atoms with Gasteiger partial charge in [-0.2, -0.15) is 5.10 Å². The minimum absolute atomic E-state index is 0.228. The Morgan fingerprint density at radius 3 is 2.72 bits per heavy atom. The molecular formula is C18H22N6O. The highest BCUT2D eigenvalue weighted by Crippen LogP contribution is 2.05. The summed E-state index contributed by atoms with van der Waals surface area (Å²) in [7, 11) is 0. The lowest BCUT2D eigenvalue weighted by atomic mass is 10.1. The van der Waals surface area contributed by atoms with Gasteiger partial charge in [-0.05, 0) is 24.5 Å². The smallest absolute Gasteiger partial charge is 0.315 e. The zero-order valence-electron chi connectivity index (χ0n) is 14.0. The second kappa shape index (κ2) is 8.68. The molecule has 0 saturated heterocycles. The Morgan fingerprint density at radius 1 is 1.08 bits per heavy atom. The van der Waals surface area contributed by atoms with Crippen molar-refractivity contribution in [2.45, 2.75) is 32.5 Å². The molecule has 0 atom stereocenters. The average Bonchev–Trinajstić information content (AvgIpc) is 3.31. The highest BCUT2D eigenvalue weighted by Gasteiger charge is 2.06. The lowest BCUT2D eigenvalue weighted by molar-refractivity contribution is 0.239. The number of rotatable bonds is 8. The van der Waals surface area contributed by atoms with Crippen LogP contribution in [0.4, 0.5) is 4.79 Å². The molecule has 3 N–H and O–H groups in total. The predicted octanol–water partition coefficient (Wildman–Crippen LogP) is 2.24. The van der Waals surface area contributed by atoms with E-state index < -0.39 is 0 Å². The van der Waals surface area contributed by atoms with Crippen LogP contribution in [0.2, 0.25) is 0 Å². The number of benzene rings is 1. The molecule has 2 amide bonds. The molecule has 0 bridgehead atoms. The summed E-state index contributed by atoms with van der Waals surface area (Å²) in [6, 6.07) is 12.0. The summed E-state index contributed by atoms with van der Waals surface area (Å²) in [5, 5.41) is 12.2. The van der Waals surface area contributed by atoms with Gasteiger partial charge in [0, 0.05) is 25.1 Å². The summed E-state index contributed by atoms with van der Waals surface area (Å²) in [4.78, 5) is 16.2. The Balaban J connectivity index is 1.41. The molecule has 7 nitrogen and oxygen atoms in total. The monoisotopic (exact) mass is 338 g/mol. The lowest BCUT2D eigenvalue weighted by Crippen LogP contribution is -2.35. The first-order chi connectivity index (χ1) is 12.3. The number of carbonyl (C=O) groups is 1. The van der Waals surface area contributed by atoms with Crippen molar-refractivity contribution in [3.05, 3.63) is 72.1 Å². The summed E-state index contributed by atoms with van der Waals surface area (Å²) in [6.07, 6.45) is 7.42. The number of hydrogen-bond donors (Lipinski definition) is 3. The minimum atomic E-state index is -0.228. The first kappa shape index (κ1) is 16.8. The van der Waals surface area contributed by atoms with E-state index in [-0.39, 0.29) is 6.03 Å². The highest BCUT2D eigenvalue weighted by atomic mass is 16.2. The number of imidazole rings is 1. The molecule has 25 heavy (non-hydrogen) atoms. The molecule has 3 aromatic rings. The van der Waals surface area contributed by atoms with Gasteiger partial charge >= 0.3 is 6.03 Å². The number of aromatic amines is 1. The molecule has 0 aliphatic rings. The Hall–Kier alpha value is -3.09. The summed E-state index contributed by atoms with van der Waals surface area (Å²) in [6.45, 7) is 1.69. The van der Waals surface area contributed by atoms with Crippen molar-refractivity contribution in [1.29, 1.82) is 0 Å². The molecule has 0 aliphatic heterocycles. The van der Waals surface area contributed by atoms with Crippen LogP contribution in [-0.4, -0.2) is 25.8 Å². The Morgan fingerprint density at radius 2 is 1.92 bits per heavy atom. The molecule has 0 fully saturated rings. The van der Waals surface area contributed by atoms with E-state index in [0.29, 0.717) is 13.1 Å². The second-order valence-electron chi connectivity index (χ2n) is 5.74. The van der Waals surface area contributed by atoms with Gasteiger partial charge < -0.3 is 15.2 Å². The van der Waals surface area contributed by atoms with Crippen LogP contribution in [0, 0.1) is 0 Å². The number of nitrogens with zero attached hydrogens (tertiary/aromatic N) is 3. The van der Waals surface area contributed by atoms with E-state index in [9.17, 15) is 4.79 Å². The van der Waals surface area contributed by atoms with Gasteiger partial charge in [0.1, 0.15) is 5.82 Å². The molecule has 0 spiro atoms. The van der Waals surface area contributed by atoms with Crippen molar-refractivity contribution in [2.24, 2.45) is 0 Å². The van der Waals surface area contributed by atoms with Gasteiger partial charge in [0.05, 0.1) is 18.8 Å². The van der Waals surface area contributed by atoms with E-state index in [1.165, 1.54) is 5.56 Å². The van der Waals surface area contributed by atoms with E-state index in [1.807, 2.05) is 18.3 Å². The third-order valence-electron chi connectivity index (χ3n) is 3.91. The third kappa shape index (κ3) is 5.20. The zero-order chi connectivity index (χ0) is 17.3. The van der Waals surface area contributed by atoms with Crippen LogP contribution in [0.5, 0.6) is 0 Å². The molecule has 0 aliphatic carbocycles. The molecule has 2 aromatic heterocycles. The normalized spacial score (nSPS) is 10.6. The number of H-pyrrole nitrogens is 1. The van der Waals surface area contributed by atoms with Gasteiger partial charge in [0.2, 0.25) is 0 Å². The maximum absolute atomic E-state index is 11.9. The molecular weight excluding hydrogens is 316 g/mol. The number of amides is 2. The number of carbonyl (C=O) groups excluding carboxylic acids is 1. The molecule has 1 aromatic carbocycles. The largest absolute Gasteiger partial charge is 0.333 e. The summed E-state index contributed by atoms with van der Waals surface area (Å²) in [5.41, 5.74) is 2.19. The fraction of sp³-hybridized carbons (Fsp3) is 0.278. The predicted molar refractivity (Wildman–Crippen MR) is 94.7 cm³/mol. The fourth-order valence-electron chi connectivity index (χ4n) is 2.59. The summed E-state index contributed by atoms with van der Waals surface area (Å²) < 4.78 is 2.08. The third-order valence-corrected chi connectivity index (χ3v) is 3.91. The maximum Gasteiger partial charge on any atom is 0.315 e. The van der Waals surface area contributed by atoms with Crippen LogP contribution >= 0.6 is 0 Å². The zero-order valence-corrected chi connectivity index (χ0v) is 14.0. The van der Waals surface area contributed by atoms with Gasteiger partial charge in [0.25, 0.3) is 0 Å². The van der Waals surface area contributed by atoms with E-state index in [0.717, 1.165) is 30.9 Å². The standard InChI is InChI=1S/C18H22N6O/c25-18(20-13-16-8-9-22-23-16)21-14-17-19-10-12-24(17)11-4-7-15-5-2-1-3-6-15/h1-3,5-6,8-10,12H,4,7,11,13-14H2,(H,22,23)(H2,20,21,25). The number of hydrogen-bond acceptors (Lipinski definition) is 3. The number of aromatic nitrogens is 4. The molecule has 3 rings (SSSR count). The first-order valence-electron chi connectivity index (χ1n) is 8.35. The number of nitrogens with one attached hydrogen (secondary N) is 3. The SMILES string of the molecule is O=C(NCc1ccn[nH]1)NCc1nccn1CCCc1ccccc1. The van der Waals surface area contributed by atoms with E-state index in [4.69, 9.17) is 0 Å². The molecule has 7 heteroatoms. The Bertz CT molecular complexity index is 766. The molecule has 0 unspecified atom stereocenters. The van der Waals surface area contributed by atoms with Crippen molar-refractivity contribution in [3.8, 4) is 0 Å². The van der Waals surface area contributed by atoms with Gasteiger partial charge in [-0.3, -0.25) is 5.10 Å². The highest BCUT2D eigenvalue weighted by molar-refractivity contribution is 5.73. The van der Waals surface area contributed by atoms with E-state index in [1.54, 1.807) is 12.4 Å². The number of urea groups is 1. The summed E-state index contributed by atoms with van der Waals surface area (Å²) in [5.74, 6) is 0.852. The average molecular weight is 338 g/mol. The molecule has 0 radical (unpaired) electrons. The quantitative estimate of drug-likeness (QED) is 0.588. The van der Waals surface area contributed by atoms with Crippen molar-refractivity contribution in [1.82, 2.24) is 30.4 Å². The minimum Gasteiger partial charge on any atom is -0.333 e. The van der Waals surface area contributed by atoms with Crippen LogP contribution in [0.15, 0.2) is 55.0 Å². The Labute approximate surface area is 146 Å². The van der Waals surface area contributed by atoms with Crippen LogP contribution in [0.3, 0.4) is 0 Å². The van der Waals surface area contributed by atoms with Crippen LogP contribution in [0.25, 0.3) is 0 Å². The molecule has 2 heterocycles. The van der Waals surface area contributed by atoms with Gasteiger partial charge in [-0.15, -0.1) is 0 Å².